The first-order chi connectivity index (χ1) is 16.3. The Morgan fingerprint density at radius 3 is 2.62 bits per heavy atom. The number of carbonyl (C=O) groups excluding carboxylic acids is 2. The molecule has 1 aromatic heterocycles. The van der Waals surface area contributed by atoms with E-state index in [9.17, 15) is 19.7 Å². The van der Waals surface area contributed by atoms with Gasteiger partial charge in [-0.1, -0.05) is 29.8 Å². The van der Waals surface area contributed by atoms with Gasteiger partial charge in [-0.15, -0.1) is 0 Å². The number of nitrogens with one attached hydrogen (secondary N) is 1. The van der Waals surface area contributed by atoms with Crippen molar-refractivity contribution in [3.05, 3.63) is 92.8 Å². The lowest BCUT2D eigenvalue weighted by molar-refractivity contribution is -0.384. The van der Waals surface area contributed by atoms with E-state index in [0.717, 1.165) is 0 Å². The van der Waals surface area contributed by atoms with Crippen LogP contribution in [-0.4, -0.2) is 23.5 Å². The summed E-state index contributed by atoms with van der Waals surface area (Å²) in [5.74, 6) is -0.0948. The zero-order chi connectivity index (χ0) is 24.4. The molecule has 10 heteroatoms. The highest BCUT2D eigenvalue weighted by molar-refractivity contribution is 6.33. The number of halogens is 1. The van der Waals surface area contributed by atoms with Crippen LogP contribution < -0.4 is 10.2 Å². The number of para-hydroxylation sites is 1. The summed E-state index contributed by atoms with van der Waals surface area (Å²) in [5.41, 5.74) is 1.35. The van der Waals surface area contributed by atoms with Crippen molar-refractivity contribution in [3.8, 4) is 11.3 Å². The predicted octanol–water partition coefficient (Wildman–Crippen LogP) is 5.62. The fourth-order valence-corrected chi connectivity index (χ4v) is 4.00. The van der Waals surface area contributed by atoms with Crippen LogP contribution in [-0.2, 0) is 9.53 Å². The normalized spacial score (nSPS) is 15.8. The number of amides is 2. The number of esters is 1. The van der Waals surface area contributed by atoms with Gasteiger partial charge >= 0.3 is 12.0 Å². The van der Waals surface area contributed by atoms with Crippen molar-refractivity contribution in [1.82, 2.24) is 5.32 Å². The molecule has 0 bridgehead atoms. The van der Waals surface area contributed by atoms with E-state index in [4.69, 9.17) is 20.8 Å². The number of nitrogens with zero attached hydrogens (tertiary/aromatic N) is 2. The Labute approximate surface area is 199 Å². The fraction of sp³-hybridized carbons (Fsp3) is 0.167. The molecule has 34 heavy (non-hydrogen) atoms. The van der Waals surface area contributed by atoms with Crippen molar-refractivity contribution >= 4 is 35.0 Å². The molecule has 0 spiro atoms. The Morgan fingerprint density at radius 1 is 1.21 bits per heavy atom. The molecule has 2 aromatic carbocycles. The Hall–Kier alpha value is -4.11. The molecule has 1 atom stereocenters. The Bertz CT molecular complexity index is 1300. The van der Waals surface area contributed by atoms with Crippen molar-refractivity contribution < 1.29 is 23.7 Å². The van der Waals surface area contributed by atoms with Crippen LogP contribution in [0.2, 0.25) is 5.02 Å². The molecule has 3 aromatic rings. The number of hydrogen-bond donors (Lipinski definition) is 1. The van der Waals surface area contributed by atoms with Gasteiger partial charge in [-0.25, -0.2) is 9.59 Å². The van der Waals surface area contributed by atoms with Crippen molar-refractivity contribution in [3.63, 3.8) is 0 Å². The first kappa shape index (κ1) is 23.1. The smallest absolute Gasteiger partial charge is 0.338 e. The number of non-ortho nitro benzene ring substituents is 1. The largest absolute Gasteiger partial charge is 0.463 e. The van der Waals surface area contributed by atoms with Gasteiger partial charge in [0.2, 0.25) is 0 Å². The Kier molecular flexibility index (Phi) is 6.38. The molecule has 1 aliphatic heterocycles. The van der Waals surface area contributed by atoms with E-state index < -0.39 is 23.0 Å². The number of ether oxygens (including phenoxy) is 1. The highest BCUT2D eigenvalue weighted by atomic mass is 35.5. The van der Waals surface area contributed by atoms with Crippen molar-refractivity contribution in [2.24, 2.45) is 0 Å². The van der Waals surface area contributed by atoms with Gasteiger partial charge in [0.05, 0.1) is 27.8 Å². The van der Waals surface area contributed by atoms with Crippen LogP contribution in [0.4, 0.5) is 16.2 Å². The monoisotopic (exact) mass is 481 g/mol. The van der Waals surface area contributed by atoms with E-state index in [-0.39, 0.29) is 34.4 Å². The molecule has 0 saturated carbocycles. The molecule has 2 heterocycles. The lowest BCUT2D eigenvalue weighted by Gasteiger charge is -2.34. The second-order valence-corrected chi connectivity index (χ2v) is 7.80. The van der Waals surface area contributed by atoms with Gasteiger partial charge in [0, 0.05) is 23.4 Å². The highest BCUT2D eigenvalue weighted by Crippen LogP contribution is 2.38. The van der Waals surface area contributed by atoms with Gasteiger partial charge in [-0.3, -0.25) is 15.0 Å². The minimum atomic E-state index is -0.933. The van der Waals surface area contributed by atoms with Gasteiger partial charge < -0.3 is 14.5 Å². The second kappa shape index (κ2) is 9.40. The summed E-state index contributed by atoms with van der Waals surface area (Å²) in [6.45, 7) is 3.50. The van der Waals surface area contributed by atoms with Gasteiger partial charge in [-0.2, -0.15) is 0 Å². The van der Waals surface area contributed by atoms with E-state index in [0.29, 0.717) is 16.9 Å². The third-order valence-electron chi connectivity index (χ3n) is 5.33. The molecule has 174 valence electrons. The van der Waals surface area contributed by atoms with E-state index >= 15 is 0 Å². The van der Waals surface area contributed by atoms with Gasteiger partial charge in [0.25, 0.3) is 5.69 Å². The molecule has 0 saturated heterocycles. The summed E-state index contributed by atoms with van der Waals surface area (Å²) in [6.07, 6.45) is 0. The summed E-state index contributed by atoms with van der Waals surface area (Å²) in [6, 6.07) is 14.7. The van der Waals surface area contributed by atoms with Crippen LogP contribution in [0, 0.1) is 10.1 Å². The molecular weight excluding hydrogens is 462 g/mol. The van der Waals surface area contributed by atoms with E-state index in [1.54, 1.807) is 50.2 Å². The van der Waals surface area contributed by atoms with Crippen molar-refractivity contribution in [2.45, 2.75) is 19.9 Å². The number of hydrogen-bond acceptors (Lipinski definition) is 6. The van der Waals surface area contributed by atoms with Crippen LogP contribution >= 0.6 is 11.6 Å². The topological polar surface area (TPSA) is 115 Å². The Balaban J connectivity index is 1.79. The molecule has 4 rings (SSSR count). The second-order valence-electron chi connectivity index (χ2n) is 7.40. The minimum Gasteiger partial charge on any atom is -0.463 e. The van der Waals surface area contributed by atoms with E-state index in [1.165, 1.54) is 23.1 Å². The average Bonchev–Trinajstić information content (AvgIpc) is 3.29. The Morgan fingerprint density at radius 2 is 1.94 bits per heavy atom. The lowest BCUT2D eigenvalue weighted by atomic mass is 9.99. The summed E-state index contributed by atoms with van der Waals surface area (Å²) in [5, 5.41) is 14.2. The molecule has 1 N–H and O–H groups in total. The minimum absolute atomic E-state index is 0.147. The number of urea groups is 1. The maximum atomic E-state index is 13.1. The standard InChI is InChI=1S/C24H20ClN3O6/c1-3-33-23(29)21-14(2)27(15-7-5-4-6-8-15)24(30)26-22(21)20-12-11-19(34-20)17-13-16(28(31)32)9-10-18(17)25/h4-13,22H,3H2,1-2H3,(H,26,30)/t22-/m1/s1. The third-order valence-corrected chi connectivity index (χ3v) is 5.66. The zero-order valence-corrected chi connectivity index (χ0v) is 19.0. The molecular formula is C24H20ClN3O6. The summed E-state index contributed by atoms with van der Waals surface area (Å²) in [7, 11) is 0. The predicted molar refractivity (Wildman–Crippen MR) is 125 cm³/mol. The number of rotatable bonds is 6. The summed E-state index contributed by atoms with van der Waals surface area (Å²) < 4.78 is 11.2. The van der Waals surface area contributed by atoms with Crippen molar-refractivity contribution in [1.29, 1.82) is 0 Å². The molecule has 0 unspecified atom stereocenters. The van der Waals surface area contributed by atoms with Crippen molar-refractivity contribution in [2.75, 3.05) is 11.5 Å². The number of nitro groups is 1. The highest BCUT2D eigenvalue weighted by Gasteiger charge is 2.38. The van der Waals surface area contributed by atoms with Crippen LogP contribution in [0.25, 0.3) is 11.3 Å². The van der Waals surface area contributed by atoms with E-state index in [2.05, 4.69) is 5.32 Å². The first-order valence-electron chi connectivity index (χ1n) is 10.4. The fourth-order valence-electron chi connectivity index (χ4n) is 3.79. The summed E-state index contributed by atoms with van der Waals surface area (Å²) in [4.78, 5) is 38.0. The first-order valence-corrected chi connectivity index (χ1v) is 10.8. The van der Waals surface area contributed by atoms with Crippen LogP contribution in [0.5, 0.6) is 0 Å². The quantitative estimate of drug-likeness (QED) is 0.278. The molecule has 9 nitrogen and oxygen atoms in total. The summed E-state index contributed by atoms with van der Waals surface area (Å²) >= 11 is 6.24. The number of nitro benzene ring substituents is 1. The molecule has 0 aliphatic carbocycles. The number of furan rings is 1. The number of allylic oxidation sites excluding steroid dienone is 1. The molecule has 0 radical (unpaired) electrons. The molecule has 0 fully saturated rings. The van der Waals surface area contributed by atoms with Gasteiger partial charge in [-0.05, 0) is 44.2 Å². The van der Waals surface area contributed by atoms with Crippen LogP contribution in [0.15, 0.2) is 76.4 Å². The van der Waals surface area contributed by atoms with Gasteiger partial charge in [0.1, 0.15) is 17.6 Å². The van der Waals surface area contributed by atoms with Crippen LogP contribution in [0.1, 0.15) is 25.6 Å². The average molecular weight is 482 g/mol. The number of anilines is 1. The SMILES string of the molecule is CCOC(=O)C1=C(C)N(c2ccccc2)C(=O)N[C@@H]1c1ccc(-c2cc([N+](=O)[O-])ccc2Cl)o1. The van der Waals surface area contributed by atoms with Crippen LogP contribution in [0.3, 0.4) is 0 Å². The maximum absolute atomic E-state index is 13.1. The third kappa shape index (κ3) is 4.25. The molecule has 1 aliphatic rings. The number of carbonyl (C=O) groups is 2. The zero-order valence-electron chi connectivity index (χ0n) is 18.3. The number of benzene rings is 2. The van der Waals surface area contributed by atoms with Gasteiger partial charge in [0.15, 0.2) is 0 Å². The maximum Gasteiger partial charge on any atom is 0.338 e. The molecule has 2 amide bonds. The lowest BCUT2D eigenvalue weighted by Crippen LogP contribution is -2.48. The van der Waals surface area contributed by atoms with E-state index in [1.807, 2.05) is 6.07 Å².